The monoisotopic (exact) mass is 360 g/mol. The second-order valence-electron chi connectivity index (χ2n) is 5.23. The van der Waals surface area contributed by atoms with Gasteiger partial charge in [-0.15, -0.1) is 0 Å². The first-order valence-electron chi connectivity index (χ1n) is 6.71. The topological polar surface area (TPSA) is 15.3 Å². The van der Waals surface area contributed by atoms with Gasteiger partial charge in [0.2, 0.25) is 0 Å². The van der Waals surface area contributed by atoms with Crippen LogP contribution in [0, 0.1) is 3.57 Å². The van der Waals surface area contributed by atoms with Crippen LogP contribution in [0.4, 0.5) is 0 Å². The molecule has 18 heavy (non-hydrogen) atoms. The highest BCUT2D eigenvalue weighted by Gasteiger charge is 2.11. The summed E-state index contributed by atoms with van der Waals surface area (Å²) in [7, 11) is 0. The fourth-order valence-corrected chi connectivity index (χ4v) is 2.52. The van der Waals surface area contributed by atoms with Crippen LogP contribution in [-0.2, 0) is 6.54 Å². The molecule has 0 fully saturated rings. The SMILES string of the molecule is CC(C)N(CCNCc1ccc(I)cc1)C(C)C. The molecular formula is C15H25IN2. The summed E-state index contributed by atoms with van der Waals surface area (Å²) in [5.41, 5.74) is 1.36. The Balaban J connectivity index is 2.27. The normalized spacial score (nSPS) is 11.8. The standard InChI is InChI=1S/C15H25IN2/c1-12(2)18(13(3)4)10-9-17-11-14-5-7-15(16)8-6-14/h5-8,12-13,17H,9-11H2,1-4H3. The predicted octanol–water partition coefficient (Wildman–Crippen LogP) is 3.50. The van der Waals surface area contributed by atoms with E-state index in [9.17, 15) is 0 Å². The Kier molecular flexibility index (Phi) is 7.19. The summed E-state index contributed by atoms with van der Waals surface area (Å²) in [6.07, 6.45) is 0. The van der Waals surface area contributed by atoms with Crippen LogP contribution in [-0.4, -0.2) is 30.1 Å². The van der Waals surface area contributed by atoms with Gasteiger partial charge in [-0.2, -0.15) is 0 Å². The molecular weight excluding hydrogens is 335 g/mol. The van der Waals surface area contributed by atoms with E-state index in [0.29, 0.717) is 12.1 Å². The third-order valence-electron chi connectivity index (χ3n) is 3.12. The summed E-state index contributed by atoms with van der Waals surface area (Å²) in [5, 5.41) is 3.52. The zero-order valence-electron chi connectivity index (χ0n) is 11.9. The van der Waals surface area contributed by atoms with Crippen molar-refractivity contribution in [3.05, 3.63) is 33.4 Å². The maximum Gasteiger partial charge on any atom is 0.0206 e. The van der Waals surface area contributed by atoms with Gasteiger partial charge in [0.05, 0.1) is 0 Å². The molecule has 1 aromatic carbocycles. The first kappa shape index (κ1) is 15.9. The van der Waals surface area contributed by atoms with Gasteiger partial charge >= 0.3 is 0 Å². The van der Waals surface area contributed by atoms with E-state index in [4.69, 9.17) is 0 Å². The van der Waals surface area contributed by atoms with Gasteiger partial charge in [0.25, 0.3) is 0 Å². The van der Waals surface area contributed by atoms with Crippen molar-refractivity contribution in [2.24, 2.45) is 0 Å². The smallest absolute Gasteiger partial charge is 0.0206 e. The number of nitrogens with one attached hydrogen (secondary N) is 1. The fourth-order valence-electron chi connectivity index (χ4n) is 2.16. The molecule has 0 saturated heterocycles. The molecule has 0 aliphatic heterocycles. The lowest BCUT2D eigenvalue weighted by atomic mass is 10.2. The van der Waals surface area contributed by atoms with E-state index in [0.717, 1.165) is 19.6 Å². The van der Waals surface area contributed by atoms with Gasteiger partial charge in [0.15, 0.2) is 0 Å². The zero-order valence-corrected chi connectivity index (χ0v) is 14.1. The van der Waals surface area contributed by atoms with Gasteiger partial charge in [-0.05, 0) is 68.0 Å². The third-order valence-corrected chi connectivity index (χ3v) is 3.83. The average molecular weight is 360 g/mol. The minimum Gasteiger partial charge on any atom is -0.311 e. The Labute approximate surface area is 125 Å². The van der Waals surface area contributed by atoms with Crippen LogP contribution < -0.4 is 5.32 Å². The number of halogens is 1. The summed E-state index contributed by atoms with van der Waals surface area (Å²) in [6.45, 7) is 12.2. The van der Waals surface area contributed by atoms with Gasteiger partial charge in [0.1, 0.15) is 0 Å². The van der Waals surface area contributed by atoms with E-state index in [1.165, 1.54) is 9.13 Å². The van der Waals surface area contributed by atoms with E-state index in [-0.39, 0.29) is 0 Å². The molecule has 0 saturated carbocycles. The largest absolute Gasteiger partial charge is 0.311 e. The molecule has 3 heteroatoms. The molecule has 0 bridgehead atoms. The first-order chi connectivity index (χ1) is 8.50. The van der Waals surface area contributed by atoms with Crippen molar-refractivity contribution in [1.29, 1.82) is 0 Å². The molecule has 0 aliphatic carbocycles. The second kappa shape index (κ2) is 8.12. The highest BCUT2D eigenvalue weighted by molar-refractivity contribution is 14.1. The summed E-state index contributed by atoms with van der Waals surface area (Å²) in [5.74, 6) is 0. The molecule has 0 aromatic heterocycles. The lowest BCUT2D eigenvalue weighted by Gasteiger charge is -2.30. The zero-order chi connectivity index (χ0) is 13.5. The Morgan fingerprint density at radius 2 is 1.61 bits per heavy atom. The van der Waals surface area contributed by atoms with E-state index in [2.05, 4.69) is 84.8 Å². The highest BCUT2D eigenvalue weighted by Crippen LogP contribution is 2.07. The van der Waals surface area contributed by atoms with Crippen molar-refractivity contribution in [2.75, 3.05) is 13.1 Å². The maximum atomic E-state index is 3.52. The number of rotatable bonds is 7. The molecule has 0 heterocycles. The molecule has 0 aliphatic rings. The van der Waals surface area contributed by atoms with Crippen molar-refractivity contribution in [1.82, 2.24) is 10.2 Å². The summed E-state index contributed by atoms with van der Waals surface area (Å²) in [6, 6.07) is 9.93. The van der Waals surface area contributed by atoms with E-state index in [1.54, 1.807) is 0 Å². The maximum absolute atomic E-state index is 3.52. The second-order valence-corrected chi connectivity index (χ2v) is 6.47. The average Bonchev–Trinajstić information content (AvgIpc) is 2.30. The van der Waals surface area contributed by atoms with E-state index in [1.807, 2.05) is 0 Å². The van der Waals surface area contributed by atoms with Crippen LogP contribution in [0.5, 0.6) is 0 Å². The molecule has 0 unspecified atom stereocenters. The van der Waals surface area contributed by atoms with Crippen LogP contribution in [0.15, 0.2) is 24.3 Å². The number of hydrogen-bond acceptors (Lipinski definition) is 2. The molecule has 2 nitrogen and oxygen atoms in total. The van der Waals surface area contributed by atoms with Crippen LogP contribution >= 0.6 is 22.6 Å². The Bertz CT molecular complexity index is 325. The van der Waals surface area contributed by atoms with Crippen molar-refractivity contribution in [2.45, 2.75) is 46.3 Å². The fraction of sp³-hybridized carbons (Fsp3) is 0.600. The number of hydrogen-bond donors (Lipinski definition) is 1. The number of nitrogens with zero attached hydrogens (tertiary/aromatic N) is 1. The minimum absolute atomic E-state index is 0.616. The van der Waals surface area contributed by atoms with Crippen molar-refractivity contribution < 1.29 is 0 Å². The Morgan fingerprint density at radius 1 is 1.06 bits per heavy atom. The lowest BCUT2D eigenvalue weighted by Crippen LogP contribution is -2.41. The Hall–Kier alpha value is -0.130. The summed E-state index contributed by atoms with van der Waals surface area (Å²) < 4.78 is 1.29. The van der Waals surface area contributed by atoms with Crippen LogP contribution in [0.2, 0.25) is 0 Å². The minimum atomic E-state index is 0.616. The molecule has 0 spiro atoms. The van der Waals surface area contributed by atoms with Crippen molar-refractivity contribution in [3.63, 3.8) is 0 Å². The summed E-state index contributed by atoms with van der Waals surface area (Å²) >= 11 is 2.34. The van der Waals surface area contributed by atoms with Crippen LogP contribution in [0.1, 0.15) is 33.3 Å². The molecule has 0 radical (unpaired) electrons. The lowest BCUT2D eigenvalue weighted by molar-refractivity contribution is 0.176. The Morgan fingerprint density at radius 3 is 2.11 bits per heavy atom. The molecule has 0 atom stereocenters. The van der Waals surface area contributed by atoms with Crippen LogP contribution in [0.3, 0.4) is 0 Å². The van der Waals surface area contributed by atoms with Gasteiger partial charge in [0, 0.05) is 35.3 Å². The van der Waals surface area contributed by atoms with Gasteiger partial charge in [-0.3, -0.25) is 4.90 Å². The van der Waals surface area contributed by atoms with E-state index >= 15 is 0 Å². The molecule has 1 rings (SSSR count). The van der Waals surface area contributed by atoms with Gasteiger partial charge in [-0.25, -0.2) is 0 Å². The molecule has 0 amide bonds. The summed E-state index contributed by atoms with van der Waals surface area (Å²) in [4.78, 5) is 2.51. The van der Waals surface area contributed by atoms with E-state index < -0.39 is 0 Å². The predicted molar refractivity (Wildman–Crippen MR) is 87.8 cm³/mol. The van der Waals surface area contributed by atoms with Gasteiger partial charge in [-0.1, -0.05) is 12.1 Å². The molecule has 102 valence electrons. The number of benzene rings is 1. The van der Waals surface area contributed by atoms with Crippen molar-refractivity contribution in [3.8, 4) is 0 Å². The van der Waals surface area contributed by atoms with Crippen LogP contribution in [0.25, 0.3) is 0 Å². The quantitative estimate of drug-likeness (QED) is 0.592. The first-order valence-corrected chi connectivity index (χ1v) is 7.79. The molecule has 1 N–H and O–H groups in total. The third kappa shape index (κ3) is 5.67. The van der Waals surface area contributed by atoms with Crippen molar-refractivity contribution >= 4 is 22.6 Å². The van der Waals surface area contributed by atoms with Gasteiger partial charge < -0.3 is 5.32 Å². The molecule has 1 aromatic rings. The highest BCUT2D eigenvalue weighted by atomic mass is 127.